The molecule has 0 amide bonds. The van der Waals surface area contributed by atoms with E-state index in [0.717, 1.165) is 24.2 Å². The molecule has 0 radical (unpaired) electrons. The van der Waals surface area contributed by atoms with Crippen molar-refractivity contribution in [3.63, 3.8) is 0 Å². The lowest BCUT2D eigenvalue weighted by Crippen LogP contribution is -2.31. The van der Waals surface area contributed by atoms with Crippen LogP contribution >= 0.6 is 0 Å². The van der Waals surface area contributed by atoms with E-state index in [1.807, 2.05) is 0 Å². The van der Waals surface area contributed by atoms with E-state index in [9.17, 15) is 18.5 Å². The Bertz CT molecular complexity index is 857. The lowest BCUT2D eigenvalue weighted by Gasteiger charge is -2.23. The molecule has 1 aromatic heterocycles. The second-order valence-electron chi connectivity index (χ2n) is 5.52. The highest BCUT2D eigenvalue weighted by Gasteiger charge is 2.29. The van der Waals surface area contributed by atoms with Crippen molar-refractivity contribution in [1.29, 1.82) is 0 Å². The number of nitrogens with zero attached hydrogens (tertiary/aromatic N) is 1. The first-order chi connectivity index (χ1) is 10.9. The van der Waals surface area contributed by atoms with Crippen LogP contribution in [0.5, 0.6) is 0 Å². The van der Waals surface area contributed by atoms with Gasteiger partial charge in [0.05, 0.1) is 22.1 Å². The molecule has 8 heteroatoms. The standard InChI is InChI=1S/C15H16N2O5S/c1-10-13(17(18)19)5-3-7-15(10)23(20,21)16-12-4-2-6-14-11(12)8-9-22-14/h3,5,7-9,12,16H,2,4,6H2,1H3. The molecule has 0 aliphatic heterocycles. The van der Waals surface area contributed by atoms with E-state index in [1.165, 1.54) is 25.1 Å². The predicted octanol–water partition coefficient (Wildman–Crippen LogP) is 2.85. The second kappa shape index (κ2) is 5.78. The summed E-state index contributed by atoms with van der Waals surface area (Å²) in [5, 5.41) is 11.0. The van der Waals surface area contributed by atoms with Crippen molar-refractivity contribution in [1.82, 2.24) is 4.72 Å². The summed E-state index contributed by atoms with van der Waals surface area (Å²) in [6.45, 7) is 1.44. The number of nitrogens with one attached hydrogen (secondary N) is 1. The van der Waals surface area contributed by atoms with E-state index in [2.05, 4.69) is 4.72 Å². The summed E-state index contributed by atoms with van der Waals surface area (Å²) in [7, 11) is -3.86. The fourth-order valence-electron chi connectivity index (χ4n) is 2.95. The Labute approximate surface area is 133 Å². The molecule has 1 aliphatic rings. The lowest BCUT2D eigenvalue weighted by molar-refractivity contribution is -0.385. The number of hydrogen-bond acceptors (Lipinski definition) is 5. The number of nitro benzene ring substituents is 1. The van der Waals surface area contributed by atoms with Crippen LogP contribution in [0.1, 0.15) is 35.8 Å². The maximum absolute atomic E-state index is 12.7. The number of aryl methyl sites for hydroxylation is 1. The van der Waals surface area contributed by atoms with Gasteiger partial charge in [0.2, 0.25) is 10.0 Å². The van der Waals surface area contributed by atoms with Gasteiger partial charge in [0.1, 0.15) is 5.76 Å². The van der Waals surface area contributed by atoms with E-state index in [-0.39, 0.29) is 22.2 Å². The normalized spacial score (nSPS) is 17.7. The zero-order chi connectivity index (χ0) is 16.6. The second-order valence-corrected chi connectivity index (χ2v) is 7.21. The third kappa shape index (κ3) is 2.87. The van der Waals surface area contributed by atoms with Gasteiger partial charge in [-0.05, 0) is 31.9 Å². The average molecular weight is 336 g/mol. The van der Waals surface area contributed by atoms with Gasteiger partial charge in [-0.1, -0.05) is 6.07 Å². The topological polar surface area (TPSA) is 102 Å². The molecule has 1 aromatic carbocycles. The molecule has 1 unspecified atom stereocenters. The fraction of sp³-hybridized carbons (Fsp3) is 0.333. The summed E-state index contributed by atoms with van der Waals surface area (Å²) >= 11 is 0. The Morgan fingerprint density at radius 2 is 2.13 bits per heavy atom. The molecule has 2 aromatic rings. The van der Waals surface area contributed by atoms with E-state index in [4.69, 9.17) is 4.42 Å². The first-order valence-electron chi connectivity index (χ1n) is 7.23. The zero-order valence-corrected chi connectivity index (χ0v) is 13.3. The highest BCUT2D eigenvalue weighted by atomic mass is 32.2. The smallest absolute Gasteiger partial charge is 0.273 e. The molecule has 0 saturated heterocycles. The Morgan fingerprint density at radius 3 is 2.87 bits per heavy atom. The molecule has 1 atom stereocenters. The molecule has 122 valence electrons. The number of hydrogen-bond donors (Lipinski definition) is 1. The molecule has 0 saturated carbocycles. The van der Waals surface area contributed by atoms with Gasteiger partial charge in [0.25, 0.3) is 5.69 Å². The molecule has 7 nitrogen and oxygen atoms in total. The number of furan rings is 1. The van der Waals surface area contributed by atoms with Crippen LogP contribution in [-0.2, 0) is 16.4 Å². The Kier molecular flexibility index (Phi) is 3.95. The van der Waals surface area contributed by atoms with Crippen LogP contribution in [0, 0.1) is 17.0 Å². The summed E-state index contributed by atoms with van der Waals surface area (Å²) in [5.74, 6) is 0.791. The van der Waals surface area contributed by atoms with Crippen molar-refractivity contribution >= 4 is 15.7 Å². The number of sulfonamides is 1. The Balaban J connectivity index is 1.95. The van der Waals surface area contributed by atoms with E-state index >= 15 is 0 Å². The minimum Gasteiger partial charge on any atom is -0.469 e. The fourth-order valence-corrected chi connectivity index (χ4v) is 4.46. The minimum atomic E-state index is -3.86. The zero-order valence-electron chi connectivity index (χ0n) is 12.5. The van der Waals surface area contributed by atoms with Crippen LogP contribution in [0.25, 0.3) is 0 Å². The van der Waals surface area contributed by atoms with Gasteiger partial charge in [-0.2, -0.15) is 0 Å². The van der Waals surface area contributed by atoms with Gasteiger partial charge in [0, 0.05) is 23.6 Å². The van der Waals surface area contributed by atoms with Gasteiger partial charge < -0.3 is 4.42 Å². The Morgan fingerprint density at radius 1 is 1.35 bits per heavy atom. The SMILES string of the molecule is Cc1c([N+](=O)[O-])cccc1S(=O)(=O)NC1CCCc2occc21. The quantitative estimate of drug-likeness (QED) is 0.683. The molecule has 0 fully saturated rings. The monoisotopic (exact) mass is 336 g/mol. The van der Waals surface area contributed by atoms with Crippen molar-refractivity contribution in [2.75, 3.05) is 0 Å². The molecule has 0 bridgehead atoms. The van der Waals surface area contributed by atoms with Crippen molar-refractivity contribution in [2.45, 2.75) is 37.1 Å². The molecular formula is C15H16N2O5S. The van der Waals surface area contributed by atoms with Crippen LogP contribution < -0.4 is 4.72 Å². The predicted molar refractivity (Wildman–Crippen MR) is 82.5 cm³/mol. The van der Waals surface area contributed by atoms with Crippen LogP contribution in [0.4, 0.5) is 5.69 Å². The van der Waals surface area contributed by atoms with Gasteiger partial charge in [-0.15, -0.1) is 0 Å². The molecule has 1 heterocycles. The van der Waals surface area contributed by atoms with Crippen LogP contribution in [0.2, 0.25) is 0 Å². The number of rotatable bonds is 4. The number of benzene rings is 1. The molecule has 23 heavy (non-hydrogen) atoms. The molecular weight excluding hydrogens is 320 g/mol. The summed E-state index contributed by atoms with van der Waals surface area (Å²) in [6, 6.07) is 5.44. The van der Waals surface area contributed by atoms with E-state index in [0.29, 0.717) is 6.42 Å². The third-order valence-corrected chi connectivity index (χ3v) is 5.71. The van der Waals surface area contributed by atoms with Gasteiger partial charge >= 0.3 is 0 Å². The first kappa shape index (κ1) is 15.7. The summed E-state index contributed by atoms with van der Waals surface area (Å²) in [6.07, 6.45) is 3.83. The molecule has 3 rings (SSSR count). The first-order valence-corrected chi connectivity index (χ1v) is 8.71. The molecule has 1 N–H and O–H groups in total. The van der Waals surface area contributed by atoms with Crippen molar-refractivity contribution < 1.29 is 17.8 Å². The van der Waals surface area contributed by atoms with E-state index < -0.39 is 14.9 Å². The largest absolute Gasteiger partial charge is 0.469 e. The maximum atomic E-state index is 12.7. The van der Waals surface area contributed by atoms with Crippen molar-refractivity contribution in [3.05, 3.63) is 57.5 Å². The summed E-state index contributed by atoms with van der Waals surface area (Å²) in [5.41, 5.74) is 0.761. The molecule has 0 spiro atoms. The molecule has 1 aliphatic carbocycles. The van der Waals surface area contributed by atoms with Crippen LogP contribution in [0.15, 0.2) is 39.8 Å². The van der Waals surface area contributed by atoms with Crippen LogP contribution in [-0.4, -0.2) is 13.3 Å². The number of fused-ring (bicyclic) bond motifs is 1. The minimum absolute atomic E-state index is 0.0673. The summed E-state index contributed by atoms with van der Waals surface area (Å²) < 4.78 is 33.3. The highest BCUT2D eigenvalue weighted by Crippen LogP contribution is 2.32. The average Bonchev–Trinajstić information content (AvgIpc) is 2.96. The van der Waals surface area contributed by atoms with E-state index in [1.54, 1.807) is 12.3 Å². The van der Waals surface area contributed by atoms with Crippen molar-refractivity contribution in [2.24, 2.45) is 0 Å². The van der Waals surface area contributed by atoms with Gasteiger partial charge in [0.15, 0.2) is 0 Å². The third-order valence-electron chi connectivity index (χ3n) is 4.09. The van der Waals surface area contributed by atoms with Gasteiger partial charge in [-0.25, -0.2) is 13.1 Å². The van der Waals surface area contributed by atoms with Gasteiger partial charge in [-0.3, -0.25) is 10.1 Å². The Hall–Kier alpha value is -2.19. The number of nitro groups is 1. The van der Waals surface area contributed by atoms with Crippen molar-refractivity contribution in [3.8, 4) is 0 Å². The lowest BCUT2D eigenvalue weighted by atomic mass is 9.94. The van der Waals surface area contributed by atoms with Crippen LogP contribution in [0.3, 0.4) is 0 Å². The highest BCUT2D eigenvalue weighted by molar-refractivity contribution is 7.89. The summed E-state index contributed by atoms with van der Waals surface area (Å²) in [4.78, 5) is 10.4. The maximum Gasteiger partial charge on any atom is 0.273 e.